The number of para-hydroxylation sites is 1. The van der Waals surface area contributed by atoms with Crippen LogP contribution in [0.5, 0.6) is 0 Å². The van der Waals surface area contributed by atoms with Crippen molar-refractivity contribution in [1.29, 1.82) is 0 Å². The lowest BCUT2D eigenvalue weighted by atomic mass is 10.2. The highest BCUT2D eigenvalue weighted by atomic mass is 32.2. The third-order valence-corrected chi connectivity index (χ3v) is 3.93. The van der Waals surface area contributed by atoms with Gasteiger partial charge in [0.2, 0.25) is 0 Å². The van der Waals surface area contributed by atoms with Gasteiger partial charge in [0, 0.05) is 24.0 Å². The SMILES string of the molecule is c1ccc2c(c1)SNC[C@H]1CCCN21. The highest BCUT2D eigenvalue weighted by Gasteiger charge is 2.28. The Bertz CT molecular complexity index is 340. The molecule has 1 aromatic rings. The summed E-state index contributed by atoms with van der Waals surface area (Å²) in [6.45, 7) is 2.34. The minimum absolute atomic E-state index is 0.714. The lowest BCUT2D eigenvalue weighted by Crippen LogP contribution is -2.34. The zero-order valence-corrected chi connectivity index (χ0v) is 8.89. The van der Waals surface area contributed by atoms with Gasteiger partial charge < -0.3 is 4.90 Å². The predicted octanol–water partition coefficient (Wildman–Crippen LogP) is 2.27. The largest absolute Gasteiger partial charge is 0.366 e. The first kappa shape index (κ1) is 8.62. The van der Waals surface area contributed by atoms with E-state index in [1.54, 1.807) is 11.9 Å². The van der Waals surface area contributed by atoms with Crippen LogP contribution in [0.15, 0.2) is 29.2 Å². The third-order valence-electron chi connectivity index (χ3n) is 3.05. The van der Waals surface area contributed by atoms with E-state index < -0.39 is 0 Å². The van der Waals surface area contributed by atoms with Crippen LogP contribution in [-0.4, -0.2) is 19.1 Å². The second-order valence-corrected chi connectivity index (χ2v) is 4.84. The molecule has 2 nitrogen and oxygen atoms in total. The summed E-state index contributed by atoms with van der Waals surface area (Å²) in [4.78, 5) is 3.93. The Morgan fingerprint density at radius 1 is 1.36 bits per heavy atom. The van der Waals surface area contributed by atoms with Crippen LogP contribution in [0, 0.1) is 0 Å². The van der Waals surface area contributed by atoms with Gasteiger partial charge in [-0.15, -0.1) is 0 Å². The smallest absolute Gasteiger partial charge is 0.0520 e. The van der Waals surface area contributed by atoms with Gasteiger partial charge in [-0.1, -0.05) is 12.1 Å². The van der Waals surface area contributed by atoms with Crippen LogP contribution in [0.4, 0.5) is 5.69 Å². The fraction of sp³-hybridized carbons (Fsp3) is 0.455. The molecule has 0 radical (unpaired) electrons. The number of hydrogen-bond acceptors (Lipinski definition) is 3. The van der Waals surface area contributed by atoms with Crippen molar-refractivity contribution >= 4 is 17.6 Å². The Hall–Kier alpha value is -0.670. The van der Waals surface area contributed by atoms with Crippen molar-refractivity contribution in [1.82, 2.24) is 4.72 Å². The van der Waals surface area contributed by atoms with Crippen LogP contribution in [0.1, 0.15) is 12.8 Å². The van der Waals surface area contributed by atoms with Crippen LogP contribution < -0.4 is 9.62 Å². The summed E-state index contributed by atoms with van der Waals surface area (Å²) < 4.78 is 3.45. The van der Waals surface area contributed by atoms with E-state index in [1.165, 1.54) is 30.0 Å². The average molecular weight is 206 g/mol. The molecule has 1 aromatic carbocycles. The monoisotopic (exact) mass is 206 g/mol. The quantitative estimate of drug-likeness (QED) is 0.656. The highest BCUT2D eigenvalue weighted by Crippen LogP contribution is 2.35. The molecule has 1 N–H and O–H groups in total. The van der Waals surface area contributed by atoms with Crippen molar-refractivity contribution in [2.45, 2.75) is 23.8 Å². The number of fused-ring (bicyclic) bond motifs is 3. The molecular weight excluding hydrogens is 192 g/mol. The lowest BCUT2D eigenvalue weighted by Gasteiger charge is -2.24. The summed E-state index contributed by atoms with van der Waals surface area (Å²) in [5, 5.41) is 0. The van der Waals surface area contributed by atoms with Gasteiger partial charge in [-0.2, -0.15) is 0 Å². The second-order valence-electron chi connectivity index (χ2n) is 3.91. The van der Waals surface area contributed by atoms with E-state index in [-0.39, 0.29) is 0 Å². The molecule has 3 heteroatoms. The average Bonchev–Trinajstić information content (AvgIpc) is 2.61. The van der Waals surface area contributed by atoms with Crippen molar-refractivity contribution in [2.75, 3.05) is 18.0 Å². The Balaban J connectivity index is 2.04. The standard InChI is InChI=1S/C11H14N2S/c1-2-6-11-10(5-1)13-7-3-4-9(13)8-12-14-11/h1-2,5-6,9,12H,3-4,7-8H2/t9-/m1/s1. The Labute approximate surface area is 88.8 Å². The molecule has 0 aromatic heterocycles. The van der Waals surface area contributed by atoms with E-state index in [0.717, 1.165) is 6.54 Å². The molecule has 2 aliphatic heterocycles. The second kappa shape index (κ2) is 3.48. The number of nitrogens with zero attached hydrogens (tertiary/aromatic N) is 1. The van der Waals surface area contributed by atoms with Crippen LogP contribution in [-0.2, 0) is 0 Å². The minimum atomic E-state index is 0.714. The van der Waals surface area contributed by atoms with E-state index in [0.29, 0.717) is 6.04 Å². The topological polar surface area (TPSA) is 15.3 Å². The van der Waals surface area contributed by atoms with E-state index in [2.05, 4.69) is 33.9 Å². The van der Waals surface area contributed by atoms with Crippen molar-refractivity contribution in [3.63, 3.8) is 0 Å². The summed E-state index contributed by atoms with van der Waals surface area (Å²) in [6.07, 6.45) is 2.67. The van der Waals surface area contributed by atoms with Gasteiger partial charge >= 0.3 is 0 Å². The minimum Gasteiger partial charge on any atom is -0.366 e. The van der Waals surface area contributed by atoms with Gasteiger partial charge in [0.1, 0.15) is 0 Å². The summed E-state index contributed by atoms with van der Waals surface area (Å²) >= 11 is 1.77. The van der Waals surface area contributed by atoms with E-state index in [4.69, 9.17) is 0 Å². The van der Waals surface area contributed by atoms with Crippen LogP contribution in [0.2, 0.25) is 0 Å². The molecule has 0 amide bonds. The van der Waals surface area contributed by atoms with Gasteiger partial charge in [0.05, 0.1) is 5.69 Å². The first-order valence-electron chi connectivity index (χ1n) is 5.20. The van der Waals surface area contributed by atoms with Crippen molar-refractivity contribution in [3.8, 4) is 0 Å². The van der Waals surface area contributed by atoms with Crippen LogP contribution in [0.3, 0.4) is 0 Å². The molecule has 0 aliphatic carbocycles. The number of benzene rings is 1. The van der Waals surface area contributed by atoms with Crippen molar-refractivity contribution in [2.24, 2.45) is 0 Å². The molecule has 74 valence electrons. The van der Waals surface area contributed by atoms with Gasteiger partial charge in [-0.05, 0) is 36.9 Å². The predicted molar refractivity (Wildman–Crippen MR) is 60.7 cm³/mol. The zero-order valence-electron chi connectivity index (χ0n) is 8.07. The molecule has 0 bridgehead atoms. The van der Waals surface area contributed by atoms with Crippen LogP contribution in [0.25, 0.3) is 0 Å². The van der Waals surface area contributed by atoms with Crippen LogP contribution >= 0.6 is 11.9 Å². The number of nitrogens with one attached hydrogen (secondary N) is 1. The molecule has 1 atom stereocenters. The molecule has 0 saturated carbocycles. The summed E-state index contributed by atoms with van der Waals surface area (Å²) in [7, 11) is 0. The fourth-order valence-electron chi connectivity index (χ4n) is 2.36. The van der Waals surface area contributed by atoms with Gasteiger partial charge in [0.15, 0.2) is 0 Å². The van der Waals surface area contributed by atoms with Gasteiger partial charge in [-0.25, -0.2) is 0 Å². The summed E-state index contributed by atoms with van der Waals surface area (Å²) in [6, 6.07) is 9.41. The molecule has 0 unspecified atom stereocenters. The number of anilines is 1. The molecule has 0 spiro atoms. The van der Waals surface area contributed by atoms with Gasteiger partial charge in [0.25, 0.3) is 0 Å². The maximum Gasteiger partial charge on any atom is 0.0520 e. The molecule has 14 heavy (non-hydrogen) atoms. The zero-order chi connectivity index (χ0) is 9.38. The van der Waals surface area contributed by atoms with E-state index >= 15 is 0 Å². The Morgan fingerprint density at radius 3 is 3.29 bits per heavy atom. The third kappa shape index (κ3) is 1.31. The first-order chi connectivity index (χ1) is 6.95. The van der Waals surface area contributed by atoms with E-state index in [9.17, 15) is 0 Å². The van der Waals surface area contributed by atoms with Crippen molar-refractivity contribution in [3.05, 3.63) is 24.3 Å². The lowest BCUT2D eigenvalue weighted by molar-refractivity contribution is 0.660. The highest BCUT2D eigenvalue weighted by molar-refractivity contribution is 7.97. The van der Waals surface area contributed by atoms with Crippen molar-refractivity contribution < 1.29 is 0 Å². The molecule has 3 rings (SSSR count). The Morgan fingerprint density at radius 2 is 2.29 bits per heavy atom. The van der Waals surface area contributed by atoms with E-state index in [1.807, 2.05) is 0 Å². The summed E-state index contributed by atoms with van der Waals surface area (Å²) in [5.74, 6) is 0. The summed E-state index contributed by atoms with van der Waals surface area (Å²) in [5.41, 5.74) is 1.42. The molecular formula is C11H14N2S. The fourth-order valence-corrected chi connectivity index (χ4v) is 3.23. The molecule has 2 aliphatic rings. The van der Waals surface area contributed by atoms with Gasteiger partial charge in [-0.3, -0.25) is 4.72 Å². The number of rotatable bonds is 0. The Kier molecular flexibility index (Phi) is 2.14. The maximum absolute atomic E-state index is 3.45. The molecule has 2 heterocycles. The molecule has 1 saturated heterocycles. The normalized spacial score (nSPS) is 25.4. The first-order valence-corrected chi connectivity index (χ1v) is 6.02. The molecule has 1 fully saturated rings. The number of hydrogen-bond donors (Lipinski definition) is 1. The maximum atomic E-state index is 3.45.